The Labute approximate surface area is 130 Å². The molecule has 6 heteroatoms. The van der Waals surface area contributed by atoms with Gasteiger partial charge in [0.15, 0.2) is 0 Å². The number of rotatable bonds is 5. The number of benzene rings is 1. The van der Waals surface area contributed by atoms with Crippen molar-refractivity contribution in [1.29, 1.82) is 0 Å². The summed E-state index contributed by atoms with van der Waals surface area (Å²) < 4.78 is 18.3. The molecule has 0 aliphatic carbocycles. The number of ether oxygens (including phenoxy) is 1. The van der Waals surface area contributed by atoms with Gasteiger partial charge in [-0.1, -0.05) is 11.6 Å². The Morgan fingerprint density at radius 1 is 1.38 bits per heavy atom. The topological polar surface area (TPSA) is 50.4 Å². The van der Waals surface area contributed by atoms with E-state index in [1.807, 2.05) is 27.7 Å². The largest absolute Gasteiger partial charge is 0.444 e. The van der Waals surface area contributed by atoms with Crippen molar-refractivity contribution in [3.05, 3.63) is 34.6 Å². The SMILES string of the molecule is CC(CNCc1cc(F)cc(Cl)c1)NC(=O)OC(C)(C)C. The third-order valence-electron chi connectivity index (χ3n) is 2.47. The molecule has 0 bridgehead atoms. The van der Waals surface area contributed by atoms with Gasteiger partial charge in [-0.05, 0) is 51.5 Å². The second-order valence-corrected chi connectivity index (χ2v) is 6.39. The number of halogens is 2. The molecule has 1 aromatic rings. The quantitative estimate of drug-likeness (QED) is 0.874. The fourth-order valence-electron chi connectivity index (χ4n) is 1.71. The number of hydrogen-bond acceptors (Lipinski definition) is 3. The van der Waals surface area contributed by atoms with Crippen LogP contribution in [0.5, 0.6) is 0 Å². The molecule has 21 heavy (non-hydrogen) atoms. The van der Waals surface area contributed by atoms with E-state index in [1.165, 1.54) is 12.1 Å². The molecule has 0 spiro atoms. The maximum atomic E-state index is 13.2. The fourth-order valence-corrected chi connectivity index (χ4v) is 1.95. The van der Waals surface area contributed by atoms with Crippen LogP contribution in [-0.2, 0) is 11.3 Å². The molecule has 0 heterocycles. The highest BCUT2D eigenvalue weighted by molar-refractivity contribution is 6.30. The molecule has 0 aliphatic heterocycles. The molecule has 0 radical (unpaired) electrons. The predicted octanol–water partition coefficient (Wildman–Crippen LogP) is 3.48. The van der Waals surface area contributed by atoms with E-state index in [0.29, 0.717) is 18.1 Å². The molecule has 0 saturated carbocycles. The van der Waals surface area contributed by atoms with Gasteiger partial charge in [0.25, 0.3) is 0 Å². The molecular formula is C15H22ClFN2O2. The van der Waals surface area contributed by atoms with E-state index in [4.69, 9.17) is 16.3 Å². The van der Waals surface area contributed by atoms with Crippen molar-refractivity contribution >= 4 is 17.7 Å². The van der Waals surface area contributed by atoms with E-state index < -0.39 is 11.7 Å². The monoisotopic (exact) mass is 316 g/mol. The van der Waals surface area contributed by atoms with Gasteiger partial charge in [0.1, 0.15) is 11.4 Å². The van der Waals surface area contributed by atoms with Crippen LogP contribution in [0.25, 0.3) is 0 Å². The Morgan fingerprint density at radius 3 is 2.62 bits per heavy atom. The predicted molar refractivity (Wildman–Crippen MR) is 81.9 cm³/mol. The molecule has 1 amide bonds. The molecule has 2 N–H and O–H groups in total. The molecule has 1 atom stereocenters. The summed E-state index contributed by atoms with van der Waals surface area (Å²) in [7, 11) is 0. The Hall–Kier alpha value is -1.33. The second-order valence-electron chi connectivity index (χ2n) is 5.96. The minimum Gasteiger partial charge on any atom is -0.444 e. The molecule has 0 aliphatic rings. The third kappa shape index (κ3) is 7.87. The summed E-state index contributed by atoms with van der Waals surface area (Å²) in [4.78, 5) is 11.6. The van der Waals surface area contributed by atoms with E-state index in [0.717, 1.165) is 5.56 Å². The first kappa shape index (κ1) is 17.7. The highest BCUT2D eigenvalue weighted by Crippen LogP contribution is 2.13. The second kappa shape index (κ2) is 7.61. The molecular weight excluding hydrogens is 295 g/mol. The van der Waals surface area contributed by atoms with Crippen LogP contribution >= 0.6 is 11.6 Å². The third-order valence-corrected chi connectivity index (χ3v) is 2.68. The van der Waals surface area contributed by atoms with E-state index in [9.17, 15) is 9.18 Å². The summed E-state index contributed by atoms with van der Waals surface area (Å²) >= 11 is 5.78. The minimum absolute atomic E-state index is 0.108. The van der Waals surface area contributed by atoms with Crippen LogP contribution in [0.4, 0.5) is 9.18 Å². The van der Waals surface area contributed by atoms with Crippen LogP contribution in [0, 0.1) is 5.82 Å². The number of alkyl carbamates (subject to hydrolysis) is 1. The van der Waals surface area contributed by atoms with Gasteiger partial charge in [0.2, 0.25) is 0 Å². The van der Waals surface area contributed by atoms with E-state index in [2.05, 4.69) is 10.6 Å². The van der Waals surface area contributed by atoms with Crippen LogP contribution in [-0.4, -0.2) is 24.3 Å². The molecule has 1 unspecified atom stereocenters. The van der Waals surface area contributed by atoms with E-state index >= 15 is 0 Å². The lowest BCUT2D eigenvalue weighted by Gasteiger charge is -2.22. The zero-order chi connectivity index (χ0) is 16.0. The van der Waals surface area contributed by atoms with E-state index in [1.54, 1.807) is 6.07 Å². The van der Waals surface area contributed by atoms with Gasteiger partial charge >= 0.3 is 6.09 Å². The standard InChI is InChI=1S/C15H22ClFN2O2/c1-10(19-14(20)21-15(2,3)4)8-18-9-11-5-12(16)7-13(17)6-11/h5-7,10,18H,8-9H2,1-4H3,(H,19,20). The van der Waals surface area contributed by atoms with E-state index in [-0.39, 0.29) is 11.9 Å². The maximum Gasteiger partial charge on any atom is 0.407 e. The Balaban J connectivity index is 2.33. The molecule has 118 valence electrons. The van der Waals surface area contributed by atoms with Gasteiger partial charge in [-0.2, -0.15) is 0 Å². The van der Waals surface area contributed by atoms with Crippen molar-refractivity contribution in [2.75, 3.05) is 6.54 Å². The summed E-state index contributed by atoms with van der Waals surface area (Å²) in [5.74, 6) is -0.362. The number of nitrogens with one attached hydrogen (secondary N) is 2. The highest BCUT2D eigenvalue weighted by Gasteiger charge is 2.17. The number of carbonyl (C=O) groups excluding carboxylic acids is 1. The summed E-state index contributed by atoms with van der Waals surface area (Å²) in [5.41, 5.74) is 0.236. The van der Waals surface area contributed by atoms with Crippen molar-refractivity contribution in [3.8, 4) is 0 Å². The molecule has 0 aromatic heterocycles. The Bertz CT molecular complexity index is 469. The smallest absolute Gasteiger partial charge is 0.407 e. The van der Waals surface area contributed by atoms with Crippen LogP contribution in [0.1, 0.15) is 33.3 Å². The number of amides is 1. The Kier molecular flexibility index (Phi) is 6.42. The normalized spacial score (nSPS) is 12.9. The average Bonchev–Trinajstić information content (AvgIpc) is 2.24. The van der Waals surface area contributed by atoms with Crippen molar-refractivity contribution in [1.82, 2.24) is 10.6 Å². The van der Waals surface area contributed by atoms with Crippen molar-refractivity contribution in [3.63, 3.8) is 0 Å². The zero-order valence-corrected chi connectivity index (χ0v) is 13.6. The van der Waals surface area contributed by atoms with Gasteiger partial charge in [-0.15, -0.1) is 0 Å². The summed E-state index contributed by atoms with van der Waals surface area (Å²) in [5, 5.41) is 6.22. The van der Waals surface area contributed by atoms with Crippen molar-refractivity contribution in [2.24, 2.45) is 0 Å². The minimum atomic E-state index is -0.518. The summed E-state index contributed by atoms with van der Waals surface area (Å²) in [6, 6.07) is 4.27. The fraction of sp³-hybridized carbons (Fsp3) is 0.533. The highest BCUT2D eigenvalue weighted by atomic mass is 35.5. The van der Waals surface area contributed by atoms with Crippen LogP contribution in [0.15, 0.2) is 18.2 Å². The number of carbonyl (C=O) groups is 1. The first-order valence-electron chi connectivity index (χ1n) is 6.81. The summed E-state index contributed by atoms with van der Waals surface area (Å²) in [6.45, 7) is 8.29. The van der Waals surface area contributed by atoms with Crippen LogP contribution in [0.3, 0.4) is 0 Å². The molecule has 0 saturated heterocycles. The zero-order valence-electron chi connectivity index (χ0n) is 12.8. The first-order valence-corrected chi connectivity index (χ1v) is 7.19. The molecule has 1 aromatic carbocycles. The number of hydrogen-bond donors (Lipinski definition) is 2. The molecule has 4 nitrogen and oxygen atoms in total. The average molecular weight is 317 g/mol. The van der Waals surface area contributed by atoms with Gasteiger partial charge in [-0.25, -0.2) is 9.18 Å². The van der Waals surface area contributed by atoms with Crippen molar-refractivity contribution in [2.45, 2.75) is 45.9 Å². The molecule has 0 fully saturated rings. The lowest BCUT2D eigenvalue weighted by atomic mass is 10.2. The van der Waals surface area contributed by atoms with Gasteiger partial charge in [0, 0.05) is 24.2 Å². The maximum absolute atomic E-state index is 13.2. The van der Waals surface area contributed by atoms with Crippen LogP contribution in [0.2, 0.25) is 5.02 Å². The summed E-state index contributed by atoms with van der Waals surface area (Å²) in [6.07, 6.45) is -0.453. The van der Waals surface area contributed by atoms with Gasteiger partial charge in [-0.3, -0.25) is 0 Å². The molecule has 1 rings (SSSR count). The van der Waals surface area contributed by atoms with Gasteiger partial charge < -0.3 is 15.4 Å². The van der Waals surface area contributed by atoms with Crippen molar-refractivity contribution < 1.29 is 13.9 Å². The lowest BCUT2D eigenvalue weighted by Crippen LogP contribution is -2.42. The first-order chi connectivity index (χ1) is 9.65. The van der Waals surface area contributed by atoms with Gasteiger partial charge in [0.05, 0.1) is 0 Å². The lowest BCUT2D eigenvalue weighted by molar-refractivity contribution is 0.0508. The Morgan fingerprint density at radius 2 is 2.05 bits per heavy atom. The van der Waals surface area contributed by atoms with Crippen LogP contribution < -0.4 is 10.6 Å².